The minimum atomic E-state index is -0.512. The number of para-hydroxylation sites is 1. The number of piperazine rings is 1. The predicted molar refractivity (Wildman–Crippen MR) is 132 cm³/mol. The first-order chi connectivity index (χ1) is 15.9. The molecule has 0 saturated carbocycles. The number of benzene rings is 2. The van der Waals surface area contributed by atoms with Crippen molar-refractivity contribution in [3.8, 4) is 0 Å². The largest absolute Gasteiger partial charge is 0.368 e. The highest BCUT2D eigenvalue weighted by atomic mass is 35.5. The highest BCUT2D eigenvalue weighted by Gasteiger charge is 2.29. The smallest absolute Gasteiger partial charge is 0.291 e. The van der Waals surface area contributed by atoms with E-state index in [-0.39, 0.29) is 11.5 Å². The van der Waals surface area contributed by atoms with E-state index in [1.807, 2.05) is 58.9 Å². The summed E-state index contributed by atoms with van der Waals surface area (Å²) in [5.74, 6) is 0.0129. The van der Waals surface area contributed by atoms with Gasteiger partial charge in [0.25, 0.3) is 5.56 Å². The average molecular weight is 464 g/mol. The third-order valence-corrected chi connectivity index (χ3v) is 6.89. The van der Waals surface area contributed by atoms with Crippen LogP contribution in [0.5, 0.6) is 0 Å². The lowest BCUT2D eigenvalue weighted by atomic mass is 10.1. The molecule has 4 aromatic rings. The molecule has 1 aliphatic heterocycles. The zero-order valence-electron chi connectivity index (χ0n) is 19.0. The number of carbonyl (C=O) groups excluding carboxylic acids is 1. The van der Waals surface area contributed by atoms with Gasteiger partial charge in [-0.3, -0.25) is 9.59 Å². The van der Waals surface area contributed by atoms with E-state index in [4.69, 9.17) is 11.6 Å². The maximum atomic E-state index is 13.6. The molecular formula is C25H26ClN5O2. The summed E-state index contributed by atoms with van der Waals surface area (Å²) in [4.78, 5) is 30.8. The molecule has 1 saturated heterocycles. The summed E-state index contributed by atoms with van der Waals surface area (Å²) in [6, 6.07) is 13.2. The molecule has 170 valence electrons. The fourth-order valence-electron chi connectivity index (χ4n) is 4.86. The van der Waals surface area contributed by atoms with E-state index in [9.17, 15) is 9.59 Å². The van der Waals surface area contributed by atoms with Crippen LogP contribution in [0.25, 0.3) is 21.8 Å². The summed E-state index contributed by atoms with van der Waals surface area (Å²) in [6.45, 7) is 6.65. The van der Waals surface area contributed by atoms with Crippen molar-refractivity contribution < 1.29 is 4.79 Å². The van der Waals surface area contributed by atoms with E-state index in [1.54, 1.807) is 13.2 Å². The van der Waals surface area contributed by atoms with Crippen LogP contribution in [0, 0.1) is 6.92 Å². The summed E-state index contributed by atoms with van der Waals surface area (Å²) < 4.78 is 3.20. The molecule has 5 rings (SSSR count). The maximum Gasteiger partial charge on any atom is 0.291 e. The number of aryl methyl sites for hydroxylation is 2. The lowest BCUT2D eigenvalue weighted by molar-refractivity contribution is -0.134. The molecule has 1 aliphatic rings. The van der Waals surface area contributed by atoms with Crippen molar-refractivity contribution in [1.29, 1.82) is 0 Å². The van der Waals surface area contributed by atoms with Gasteiger partial charge in [-0.2, -0.15) is 5.10 Å². The molecule has 1 unspecified atom stereocenters. The Labute approximate surface area is 196 Å². The third kappa shape index (κ3) is 3.56. The number of hydrogen-bond donors (Lipinski definition) is 0. The van der Waals surface area contributed by atoms with Crippen LogP contribution in [0.15, 0.2) is 53.5 Å². The van der Waals surface area contributed by atoms with Crippen LogP contribution in [-0.4, -0.2) is 51.3 Å². The molecule has 0 spiro atoms. The summed E-state index contributed by atoms with van der Waals surface area (Å²) in [5.41, 5.74) is 3.46. The lowest BCUT2D eigenvalue weighted by Gasteiger charge is -2.38. The number of amides is 1. The summed E-state index contributed by atoms with van der Waals surface area (Å²) in [7, 11) is 1.63. The Balaban J connectivity index is 1.45. The molecule has 0 aliphatic carbocycles. The third-order valence-electron chi connectivity index (χ3n) is 6.65. The van der Waals surface area contributed by atoms with Crippen LogP contribution < -0.4 is 10.5 Å². The predicted octanol–water partition coefficient (Wildman–Crippen LogP) is 3.76. The van der Waals surface area contributed by atoms with Crippen molar-refractivity contribution >= 4 is 45.0 Å². The maximum absolute atomic E-state index is 13.6. The van der Waals surface area contributed by atoms with Gasteiger partial charge in [-0.25, -0.2) is 4.68 Å². The van der Waals surface area contributed by atoms with Crippen molar-refractivity contribution in [2.24, 2.45) is 7.05 Å². The Hall–Kier alpha value is -3.32. The Bertz CT molecular complexity index is 1430. The van der Waals surface area contributed by atoms with Gasteiger partial charge < -0.3 is 14.4 Å². The fraction of sp³-hybridized carbons (Fsp3) is 0.320. The summed E-state index contributed by atoms with van der Waals surface area (Å²) >= 11 is 6.21. The van der Waals surface area contributed by atoms with Crippen LogP contribution in [0.3, 0.4) is 0 Å². The molecule has 7 nitrogen and oxygen atoms in total. The number of rotatable bonds is 3. The molecular weight excluding hydrogens is 438 g/mol. The molecule has 0 N–H and O–H groups in total. The van der Waals surface area contributed by atoms with Gasteiger partial charge in [-0.05, 0) is 37.6 Å². The number of hydrogen-bond acceptors (Lipinski definition) is 4. The Morgan fingerprint density at radius 2 is 1.79 bits per heavy atom. The minimum Gasteiger partial charge on any atom is -0.368 e. The van der Waals surface area contributed by atoms with Crippen molar-refractivity contribution in [2.45, 2.75) is 19.9 Å². The number of carbonyl (C=O) groups is 1. The number of fused-ring (bicyclic) bond motifs is 3. The Morgan fingerprint density at radius 3 is 2.55 bits per heavy atom. The van der Waals surface area contributed by atoms with Gasteiger partial charge in [0.15, 0.2) is 0 Å². The first kappa shape index (κ1) is 21.5. The molecule has 1 fully saturated rings. The normalized spacial score (nSPS) is 15.4. The molecule has 2 aromatic heterocycles. The summed E-state index contributed by atoms with van der Waals surface area (Å²) in [6.07, 6.45) is 1.71. The standard InChI is InChI=1S/C25H26ClN5O2/c1-16-8-9-18(26)14-22(16)29-10-12-30(13-11-29)24(32)17(2)31-21-7-5-4-6-19(21)20-15-27-28(3)25(33)23(20)31/h4-9,14-15,17H,10-13H2,1-3H3. The van der Waals surface area contributed by atoms with Crippen molar-refractivity contribution in [1.82, 2.24) is 19.2 Å². The van der Waals surface area contributed by atoms with Gasteiger partial charge in [0.2, 0.25) is 5.91 Å². The first-order valence-electron chi connectivity index (χ1n) is 11.1. The fourth-order valence-corrected chi connectivity index (χ4v) is 5.02. The highest BCUT2D eigenvalue weighted by molar-refractivity contribution is 6.30. The number of anilines is 1. The van der Waals surface area contributed by atoms with Crippen LogP contribution in [0.1, 0.15) is 18.5 Å². The molecule has 33 heavy (non-hydrogen) atoms. The molecule has 3 heterocycles. The quantitative estimate of drug-likeness (QED) is 0.464. The number of aromatic nitrogens is 3. The second-order valence-electron chi connectivity index (χ2n) is 8.64. The second kappa shape index (κ2) is 8.23. The van der Waals surface area contributed by atoms with Gasteiger partial charge in [-0.15, -0.1) is 0 Å². The van der Waals surface area contributed by atoms with E-state index >= 15 is 0 Å². The Morgan fingerprint density at radius 1 is 1.06 bits per heavy atom. The molecule has 0 bridgehead atoms. The monoisotopic (exact) mass is 463 g/mol. The molecule has 2 aromatic carbocycles. The SMILES string of the molecule is Cc1ccc(Cl)cc1N1CCN(C(=O)C(C)n2c3ccccc3c3cnn(C)c(=O)c32)CC1. The van der Waals surface area contributed by atoms with E-state index in [0.29, 0.717) is 23.6 Å². The Kier molecular flexibility index (Phi) is 5.37. The molecule has 1 atom stereocenters. The first-order valence-corrected chi connectivity index (χ1v) is 11.5. The average Bonchev–Trinajstić information content (AvgIpc) is 3.17. The highest BCUT2D eigenvalue weighted by Crippen LogP contribution is 2.31. The zero-order valence-corrected chi connectivity index (χ0v) is 19.7. The van der Waals surface area contributed by atoms with Gasteiger partial charge in [0.05, 0.1) is 11.7 Å². The minimum absolute atomic E-state index is 0.0129. The van der Waals surface area contributed by atoms with E-state index in [2.05, 4.69) is 16.9 Å². The molecule has 0 radical (unpaired) electrons. The number of halogens is 1. The van der Waals surface area contributed by atoms with Crippen LogP contribution in [0.4, 0.5) is 5.69 Å². The summed E-state index contributed by atoms with van der Waals surface area (Å²) in [5, 5.41) is 6.61. The van der Waals surface area contributed by atoms with Gasteiger partial charge in [0.1, 0.15) is 11.6 Å². The van der Waals surface area contributed by atoms with Gasteiger partial charge in [0, 0.05) is 54.7 Å². The zero-order chi connectivity index (χ0) is 23.3. The number of nitrogens with zero attached hydrogens (tertiary/aromatic N) is 5. The van der Waals surface area contributed by atoms with Gasteiger partial charge >= 0.3 is 0 Å². The van der Waals surface area contributed by atoms with Gasteiger partial charge in [-0.1, -0.05) is 35.9 Å². The van der Waals surface area contributed by atoms with Crippen LogP contribution in [0.2, 0.25) is 5.02 Å². The van der Waals surface area contributed by atoms with Crippen LogP contribution >= 0.6 is 11.6 Å². The lowest BCUT2D eigenvalue weighted by Crippen LogP contribution is -2.50. The van der Waals surface area contributed by atoms with Crippen molar-refractivity contribution in [3.05, 3.63) is 69.6 Å². The van der Waals surface area contributed by atoms with E-state index in [0.717, 1.165) is 35.1 Å². The van der Waals surface area contributed by atoms with Crippen molar-refractivity contribution in [2.75, 3.05) is 31.1 Å². The van der Waals surface area contributed by atoms with Crippen LogP contribution in [-0.2, 0) is 11.8 Å². The van der Waals surface area contributed by atoms with E-state index in [1.165, 1.54) is 10.2 Å². The van der Waals surface area contributed by atoms with E-state index < -0.39 is 6.04 Å². The second-order valence-corrected chi connectivity index (χ2v) is 9.08. The molecule has 8 heteroatoms. The van der Waals surface area contributed by atoms with Crippen molar-refractivity contribution in [3.63, 3.8) is 0 Å². The molecule has 1 amide bonds. The topological polar surface area (TPSA) is 63.4 Å².